The summed E-state index contributed by atoms with van der Waals surface area (Å²) in [7, 11) is 1.69. The highest BCUT2D eigenvalue weighted by Gasteiger charge is 2.07. The average Bonchev–Trinajstić information content (AvgIpc) is 2.64. The molecular formula is C10H12ClN5O. The molecule has 0 aliphatic carbocycles. The van der Waals surface area contributed by atoms with Crippen LogP contribution in [-0.2, 0) is 13.6 Å². The van der Waals surface area contributed by atoms with E-state index in [2.05, 4.69) is 10.4 Å². The number of pyridine rings is 1. The Hall–Kier alpha value is -1.79. The first kappa shape index (κ1) is 11.7. The van der Waals surface area contributed by atoms with E-state index in [1.807, 2.05) is 0 Å². The predicted octanol–water partition coefficient (Wildman–Crippen LogP) is 0.569. The van der Waals surface area contributed by atoms with Gasteiger partial charge in [-0.15, -0.1) is 0 Å². The van der Waals surface area contributed by atoms with Crippen LogP contribution in [0, 0.1) is 0 Å². The highest BCUT2D eigenvalue weighted by Crippen LogP contribution is 2.16. The third-order valence-electron chi connectivity index (χ3n) is 2.40. The summed E-state index contributed by atoms with van der Waals surface area (Å²) in [6.45, 7) is 0.314. The Labute approximate surface area is 103 Å². The summed E-state index contributed by atoms with van der Waals surface area (Å²) in [5, 5.41) is 0.500. The molecule has 0 amide bonds. The average molecular weight is 254 g/mol. The molecule has 0 aromatic carbocycles. The van der Waals surface area contributed by atoms with Crippen molar-refractivity contribution in [1.29, 1.82) is 0 Å². The van der Waals surface area contributed by atoms with E-state index in [9.17, 15) is 4.79 Å². The molecule has 2 rings (SSSR count). The first-order chi connectivity index (χ1) is 8.11. The topological polar surface area (TPSA) is 77.9 Å². The summed E-state index contributed by atoms with van der Waals surface area (Å²) in [5.74, 6) is 5.78. The maximum atomic E-state index is 11.7. The van der Waals surface area contributed by atoms with Gasteiger partial charge in [-0.1, -0.05) is 11.6 Å². The number of aryl methyl sites for hydroxylation is 1. The van der Waals surface area contributed by atoms with Crippen LogP contribution in [0.5, 0.6) is 0 Å². The number of rotatable bonds is 3. The van der Waals surface area contributed by atoms with Crippen LogP contribution in [0.15, 0.2) is 29.3 Å². The highest BCUT2D eigenvalue weighted by atomic mass is 35.5. The van der Waals surface area contributed by atoms with Gasteiger partial charge < -0.3 is 9.99 Å². The maximum absolute atomic E-state index is 11.7. The van der Waals surface area contributed by atoms with Gasteiger partial charge in [0.1, 0.15) is 5.82 Å². The lowest BCUT2D eigenvalue weighted by molar-refractivity contribution is 0.705. The van der Waals surface area contributed by atoms with Crippen molar-refractivity contribution < 1.29 is 0 Å². The van der Waals surface area contributed by atoms with Crippen molar-refractivity contribution in [1.82, 2.24) is 14.1 Å². The molecular weight excluding hydrogens is 242 g/mol. The van der Waals surface area contributed by atoms with Crippen molar-refractivity contribution in [3.63, 3.8) is 0 Å². The van der Waals surface area contributed by atoms with E-state index in [-0.39, 0.29) is 5.69 Å². The van der Waals surface area contributed by atoms with Gasteiger partial charge in [0.15, 0.2) is 0 Å². The monoisotopic (exact) mass is 253 g/mol. The summed E-state index contributed by atoms with van der Waals surface area (Å²) < 4.78 is 3.01. The molecule has 0 aliphatic rings. The molecule has 17 heavy (non-hydrogen) atoms. The number of imidazole rings is 1. The smallest absolute Gasteiger partial charge is 0.308 e. The lowest BCUT2D eigenvalue weighted by Gasteiger charge is -2.06. The summed E-state index contributed by atoms with van der Waals surface area (Å²) in [6.07, 6.45) is 3.37. The highest BCUT2D eigenvalue weighted by molar-refractivity contribution is 6.31. The fraction of sp³-hybridized carbons (Fsp3) is 0.200. The molecule has 0 fully saturated rings. The first-order valence-corrected chi connectivity index (χ1v) is 5.33. The zero-order chi connectivity index (χ0) is 12.4. The Morgan fingerprint density at radius 3 is 2.82 bits per heavy atom. The number of nitrogens with one attached hydrogen (secondary N) is 1. The fourth-order valence-corrected chi connectivity index (χ4v) is 1.63. The van der Waals surface area contributed by atoms with Gasteiger partial charge in [-0.05, 0) is 12.1 Å². The van der Waals surface area contributed by atoms with Crippen molar-refractivity contribution >= 4 is 17.4 Å². The Morgan fingerprint density at radius 1 is 1.47 bits per heavy atom. The lowest BCUT2D eigenvalue weighted by Crippen LogP contribution is -2.23. The van der Waals surface area contributed by atoms with Crippen LogP contribution in [0.4, 0.5) is 5.82 Å². The zero-order valence-electron chi connectivity index (χ0n) is 9.22. The van der Waals surface area contributed by atoms with Crippen LogP contribution in [0.1, 0.15) is 5.69 Å². The van der Waals surface area contributed by atoms with Crippen LogP contribution in [0.2, 0.25) is 5.02 Å². The standard InChI is InChI=1S/C10H12ClN5O/c1-15-4-5-16(10(15)17)6-8-7(11)2-3-9(13-8)14-12/h2-5H,6,12H2,1H3,(H,13,14). The molecule has 0 saturated heterocycles. The molecule has 90 valence electrons. The largest absolute Gasteiger partial charge is 0.328 e. The molecule has 0 spiro atoms. The Balaban J connectivity index is 2.35. The molecule has 0 radical (unpaired) electrons. The van der Waals surface area contributed by atoms with E-state index in [1.54, 1.807) is 31.6 Å². The minimum atomic E-state index is -0.117. The minimum Gasteiger partial charge on any atom is -0.308 e. The molecule has 2 heterocycles. The summed E-state index contributed by atoms with van der Waals surface area (Å²) in [6, 6.07) is 3.35. The number of halogens is 1. The van der Waals surface area contributed by atoms with Gasteiger partial charge >= 0.3 is 5.69 Å². The van der Waals surface area contributed by atoms with E-state index in [0.29, 0.717) is 23.1 Å². The van der Waals surface area contributed by atoms with Gasteiger partial charge in [0.25, 0.3) is 0 Å². The predicted molar refractivity (Wildman–Crippen MR) is 65.8 cm³/mol. The Morgan fingerprint density at radius 2 is 2.24 bits per heavy atom. The maximum Gasteiger partial charge on any atom is 0.328 e. The zero-order valence-corrected chi connectivity index (χ0v) is 9.98. The van der Waals surface area contributed by atoms with Crippen LogP contribution >= 0.6 is 11.6 Å². The van der Waals surface area contributed by atoms with Crippen LogP contribution in [0.25, 0.3) is 0 Å². The summed E-state index contributed by atoms with van der Waals surface area (Å²) in [4.78, 5) is 15.9. The van der Waals surface area contributed by atoms with Crippen molar-refractivity contribution in [2.45, 2.75) is 6.54 Å². The molecule has 7 heteroatoms. The molecule has 2 aromatic heterocycles. The number of anilines is 1. The normalized spacial score (nSPS) is 10.5. The molecule has 0 aliphatic heterocycles. The Bertz CT molecular complexity index is 589. The molecule has 0 saturated carbocycles. The van der Waals surface area contributed by atoms with Crippen molar-refractivity contribution in [3.05, 3.63) is 45.7 Å². The first-order valence-electron chi connectivity index (χ1n) is 4.95. The second kappa shape index (κ2) is 4.60. The van der Waals surface area contributed by atoms with Gasteiger partial charge in [-0.3, -0.25) is 4.57 Å². The molecule has 0 bridgehead atoms. The molecule has 0 atom stereocenters. The van der Waals surface area contributed by atoms with Gasteiger partial charge in [0.05, 0.1) is 17.3 Å². The van der Waals surface area contributed by atoms with E-state index in [1.165, 1.54) is 9.13 Å². The van der Waals surface area contributed by atoms with Gasteiger partial charge in [0.2, 0.25) is 0 Å². The number of nitrogens with two attached hydrogens (primary N) is 1. The number of hydrogen-bond donors (Lipinski definition) is 2. The minimum absolute atomic E-state index is 0.117. The SMILES string of the molecule is Cn1ccn(Cc2nc(NN)ccc2Cl)c1=O. The number of aromatic nitrogens is 3. The quantitative estimate of drug-likeness (QED) is 0.619. The Kier molecular flexibility index (Phi) is 3.16. The third kappa shape index (κ3) is 2.32. The van der Waals surface area contributed by atoms with Gasteiger partial charge in [-0.25, -0.2) is 15.6 Å². The molecule has 0 unspecified atom stereocenters. The van der Waals surface area contributed by atoms with Crippen molar-refractivity contribution in [3.8, 4) is 0 Å². The lowest BCUT2D eigenvalue weighted by atomic mass is 10.3. The van der Waals surface area contributed by atoms with Crippen molar-refractivity contribution in [2.24, 2.45) is 12.9 Å². The number of hydrazine groups is 1. The number of nitrogen functional groups attached to an aromatic ring is 1. The summed E-state index contributed by atoms with van der Waals surface area (Å²) >= 11 is 6.01. The van der Waals surface area contributed by atoms with E-state index < -0.39 is 0 Å². The second-order valence-electron chi connectivity index (χ2n) is 3.59. The second-order valence-corrected chi connectivity index (χ2v) is 4.00. The molecule has 2 aromatic rings. The van der Waals surface area contributed by atoms with Gasteiger partial charge in [0, 0.05) is 19.4 Å². The number of nitrogens with zero attached hydrogens (tertiary/aromatic N) is 3. The van der Waals surface area contributed by atoms with Crippen molar-refractivity contribution in [2.75, 3.05) is 5.43 Å². The van der Waals surface area contributed by atoms with Gasteiger partial charge in [-0.2, -0.15) is 0 Å². The third-order valence-corrected chi connectivity index (χ3v) is 2.75. The van der Waals surface area contributed by atoms with Crippen LogP contribution < -0.4 is 17.0 Å². The fourth-order valence-electron chi connectivity index (χ4n) is 1.47. The van der Waals surface area contributed by atoms with E-state index in [0.717, 1.165) is 0 Å². The van der Waals surface area contributed by atoms with E-state index >= 15 is 0 Å². The molecule has 6 nitrogen and oxygen atoms in total. The van der Waals surface area contributed by atoms with Crippen LogP contribution in [-0.4, -0.2) is 14.1 Å². The summed E-state index contributed by atoms with van der Waals surface area (Å²) in [5.41, 5.74) is 2.91. The van der Waals surface area contributed by atoms with Crippen LogP contribution in [0.3, 0.4) is 0 Å². The van der Waals surface area contributed by atoms with E-state index in [4.69, 9.17) is 17.4 Å². The number of hydrogen-bond acceptors (Lipinski definition) is 4. The molecule has 3 N–H and O–H groups in total.